The van der Waals surface area contributed by atoms with E-state index in [1.807, 2.05) is 0 Å². The average Bonchev–Trinajstić information content (AvgIpc) is 3.17. The Morgan fingerprint density at radius 2 is 2.08 bits per heavy atom. The number of nitrogens with one attached hydrogen (secondary N) is 1. The largest absolute Gasteiger partial charge is 0.476 e. The molecule has 0 unspecified atom stereocenters. The van der Waals surface area contributed by atoms with Crippen LogP contribution in [0.25, 0.3) is 0 Å². The Morgan fingerprint density at radius 1 is 1.24 bits per heavy atom. The summed E-state index contributed by atoms with van der Waals surface area (Å²) in [4.78, 5) is 22.7. The summed E-state index contributed by atoms with van der Waals surface area (Å²) < 4.78 is 16.0. The molecule has 3 rings (SSSR count). The number of aromatic nitrogens is 4. The number of hydrogen-bond acceptors (Lipinski definition) is 4. The number of carboxylic acids is 1. The highest BCUT2D eigenvalue weighted by Gasteiger charge is 2.10. The van der Waals surface area contributed by atoms with Crippen LogP contribution in [0, 0.1) is 5.82 Å². The first-order valence-corrected chi connectivity index (χ1v) is 7.33. The van der Waals surface area contributed by atoms with E-state index in [1.165, 1.54) is 35.3 Å². The lowest BCUT2D eigenvalue weighted by atomic mass is 10.2. The molecule has 0 atom stereocenters. The number of rotatable bonds is 6. The lowest BCUT2D eigenvalue weighted by molar-refractivity contribution is -0.116. The molecule has 0 radical (unpaired) electrons. The molecule has 1 aromatic carbocycles. The fraction of sp³-hybridized carbons (Fsp3) is 0.125. The third kappa shape index (κ3) is 4.28. The molecule has 1 amide bonds. The van der Waals surface area contributed by atoms with Gasteiger partial charge >= 0.3 is 5.97 Å². The standard InChI is InChI=1S/C16H14FN5O3/c17-12-3-1-2-11(6-12)8-22-9-13(7-18-22)19-15(23)10-21-5-4-14(20-21)16(24)25/h1-7,9H,8,10H2,(H,19,23)(H,24,25). The summed E-state index contributed by atoms with van der Waals surface area (Å²) >= 11 is 0. The van der Waals surface area contributed by atoms with Crippen molar-refractivity contribution in [3.05, 3.63) is 66.0 Å². The second-order valence-electron chi connectivity index (χ2n) is 5.31. The van der Waals surface area contributed by atoms with Gasteiger partial charge < -0.3 is 10.4 Å². The number of nitrogens with zero attached hydrogens (tertiary/aromatic N) is 4. The molecule has 0 fully saturated rings. The first-order valence-electron chi connectivity index (χ1n) is 7.33. The molecule has 2 aromatic heterocycles. The van der Waals surface area contributed by atoms with Crippen LogP contribution in [0.15, 0.2) is 48.9 Å². The van der Waals surface area contributed by atoms with Gasteiger partial charge in [0.2, 0.25) is 5.91 Å². The lowest BCUT2D eigenvalue weighted by Gasteiger charge is -2.03. The first-order chi connectivity index (χ1) is 12.0. The van der Waals surface area contributed by atoms with Gasteiger partial charge in [-0.25, -0.2) is 9.18 Å². The van der Waals surface area contributed by atoms with E-state index in [4.69, 9.17) is 5.11 Å². The monoisotopic (exact) mass is 343 g/mol. The van der Waals surface area contributed by atoms with Gasteiger partial charge in [0.25, 0.3) is 0 Å². The van der Waals surface area contributed by atoms with E-state index in [-0.39, 0.29) is 24.0 Å². The van der Waals surface area contributed by atoms with Crippen molar-refractivity contribution in [2.24, 2.45) is 0 Å². The van der Waals surface area contributed by atoms with Crippen LogP contribution in [-0.2, 0) is 17.9 Å². The lowest BCUT2D eigenvalue weighted by Crippen LogP contribution is -2.19. The van der Waals surface area contributed by atoms with Gasteiger partial charge in [0.15, 0.2) is 5.69 Å². The molecule has 2 heterocycles. The van der Waals surface area contributed by atoms with Gasteiger partial charge in [0, 0.05) is 12.4 Å². The van der Waals surface area contributed by atoms with Gasteiger partial charge in [0.1, 0.15) is 12.4 Å². The topological polar surface area (TPSA) is 102 Å². The summed E-state index contributed by atoms with van der Waals surface area (Å²) in [6.45, 7) is 0.247. The van der Waals surface area contributed by atoms with Crippen LogP contribution < -0.4 is 5.32 Å². The quantitative estimate of drug-likeness (QED) is 0.708. The van der Waals surface area contributed by atoms with Crippen LogP contribution >= 0.6 is 0 Å². The Hall–Kier alpha value is -3.49. The number of halogens is 1. The third-order valence-electron chi connectivity index (χ3n) is 3.32. The zero-order valence-corrected chi connectivity index (χ0v) is 13.0. The van der Waals surface area contributed by atoms with E-state index in [0.717, 1.165) is 5.56 Å². The number of aromatic carboxylic acids is 1. The minimum absolute atomic E-state index is 0.123. The number of carboxylic acid groups (broad SMARTS) is 1. The fourth-order valence-corrected chi connectivity index (χ4v) is 2.25. The molecule has 0 aliphatic rings. The summed E-state index contributed by atoms with van der Waals surface area (Å²) in [6.07, 6.45) is 4.51. The van der Waals surface area contributed by atoms with Crippen LogP contribution in [0.2, 0.25) is 0 Å². The molecular weight excluding hydrogens is 329 g/mol. The van der Waals surface area contributed by atoms with Crippen LogP contribution in [-0.4, -0.2) is 36.5 Å². The predicted molar refractivity (Wildman–Crippen MR) is 85.5 cm³/mol. The summed E-state index contributed by atoms with van der Waals surface area (Å²) in [5.41, 5.74) is 1.10. The molecule has 0 spiro atoms. The van der Waals surface area contributed by atoms with E-state index < -0.39 is 5.97 Å². The Kier molecular flexibility index (Phi) is 4.55. The maximum atomic E-state index is 13.2. The molecule has 0 aliphatic carbocycles. The van der Waals surface area contributed by atoms with Crippen LogP contribution in [0.4, 0.5) is 10.1 Å². The summed E-state index contributed by atoms with van der Waals surface area (Å²) in [6, 6.07) is 7.49. The van der Waals surface area contributed by atoms with Gasteiger partial charge in [-0.15, -0.1) is 0 Å². The van der Waals surface area contributed by atoms with Gasteiger partial charge in [-0.1, -0.05) is 12.1 Å². The normalized spacial score (nSPS) is 10.6. The smallest absolute Gasteiger partial charge is 0.356 e. The molecule has 0 saturated carbocycles. The van der Waals surface area contributed by atoms with Gasteiger partial charge in [-0.05, 0) is 23.8 Å². The van der Waals surface area contributed by atoms with Crippen molar-refractivity contribution in [3.8, 4) is 0 Å². The summed E-state index contributed by atoms with van der Waals surface area (Å²) in [5.74, 6) is -1.85. The maximum Gasteiger partial charge on any atom is 0.356 e. The van der Waals surface area contributed by atoms with E-state index in [9.17, 15) is 14.0 Å². The minimum Gasteiger partial charge on any atom is -0.476 e. The van der Waals surface area contributed by atoms with E-state index >= 15 is 0 Å². The van der Waals surface area contributed by atoms with Crippen LogP contribution in [0.5, 0.6) is 0 Å². The molecule has 0 aliphatic heterocycles. The van der Waals surface area contributed by atoms with Gasteiger partial charge in [-0.3, -0.25) is 14.2 Å². The maximum absolute atomic E-state index is 13.2. The summed E-state index contributed by atoms with van der Waals surface area (Å²) in [7, 11) is 0. The Labute approximate surface area is 141 Å². The number of carbonyl (C=O) groups excluding carboxylic acids is 1. The number of anilines is 1. The van der Waals surface area contributed by atoms with Crippen molar-refractivity contribution in [2.75, 3.05) is 5.32 Å². The van der Waals surface area contributed by atoms with Crippen molar-refractivity contribution in [1.82, 2.24) is 19.6 Å². The predicted octanol–water partition coefficient (Wildman–Crippen LogP) is 1.60. The Balaban J connectivity index is 1.58. The summed E-state index contributed by atoms with van der Waals surface area (Å²) in [5, 5.41) is 19.3. The Bertz CT molecular complexity index is 918. The van der Waals surface area contributed by atoms with Gasteiger partial charge in [0.05, 0.1) is 18.4 Å². The third-order valence-corrected chi connectivity index (χ3v) is 3.32. The zero-order chi connectivity index (χ0) is 17.8. The number of carbonyl (C=O) groups is 2. The molecule has 0 saturated heterocycles. The molecule has 9 heteroatoms. The average molecular weight is 343 g/mol. The van der Waals surface area contributed by atoms with E-state index in [1.54, 1.807) is 23.0 Å². The van der Waals surface area contributed by atoms with Crippen molar-refractivity contribution < 1.29 is 19.1 Å². The highest BCUT2D eigenvalue weighted by molar-refractivity contribution is 5.90. The van der Waals surface area contributed by atoms with Crippen molar-refractivity contribution >= 4 is 17.6 Å². The van der Waals surface area contributed by atoms with Crippen molar-refractivity contribution in [1.29, 1.82) is 0 Å². The van der Waals surface area contributed by atoms with Crippen LogP contribution in [0.1, 0.15) is 16.1 Å². The number of benzene rings is 1. The second-order valence-corrected chi connectivity index (χ2v) is 5.31. The number of amides is 1. The molecule has 128 valence electrons. The SMILES string of the molecule is O=C(Cn1ccc(C(=O)O)n1)Nc1cnn(Cc2cccc(F)c2)c1. The highest BCUT2D eigenvalue weighted by Crippen LogP contribution is 2.09. The first kappa shape index (κ1) is 16.4. The van der Waals surface area contributed by atoms with E-state index in [0.29, 0.717) is 12.2 Å². The number of hydrogen-bond donors (Lipinski definition) is 2. The fourth-order valence-electron chi connectivity index (χ4n) is 2.25. The van der Waals surface area contributed by atoms with Gasteiger partial charge in [-0.2, -0.15) is 10.2 Å². The molecule has 3 aromatic rings. The van der Waals surface area contributed by atoms with Crippen molar-refractivity contribution in [3.63, 3.8) is 0 Å². The van der Waals surface area contributed by atoms with E-state index in [2.05, 4.69) is 15.5 Å². The molecule has 8 nitrogen and oxygen atoms in total. The molecule has 2 N–H and O–H groups in total. The van der Waals surface area contributed by atoms with Crippen LogP contribution in [0.3, 0.4) is 0 Å². The molecule has 0 bridgehead atoms. The zero-order valence-electron chi connectivity index (χ0n) is 13.0. The molecule has 25 heavy (non-hydrogen) atoms. The molecular formula is C16H14FN5O3. The second kappa shape index (κ2) is 6.95. The van der Waals surface area contributed by atoms with Crippen molar-refractivity contribution in [2.45, 2.75) is 13.1 Å². The highest BCUT2D eigenvalue weighted by atomic mass is 19.1. The minimum atomic E-state index is -1.15. The Morgan fingerprint density at radius 3 is 2.80 bits per heavy atom.